The Morgan fingerprint density at radius 3 is 2.88 bits per heavy atom. The quantitative estimate of drug-likeness (QED) is 0.816. The fourth-order valence-electron chi connectivity index (χ4n) is 2.62. The number of ether oxygens (including phenoxy) is 2. The molecule has 1 unspecified atom stereocenters. The summed E-state index contributed by atoms with van der Waals surface area (Å²) in [6.07, 6.45) is 2.27. The second kappa shape index (κ2) is 8.08. The molecule has 1 aliphatic heterocycles. The lowest BCUT2D eigenvalue weighted by Gasteiger charge is -2.13. The molecule has 24 heavy (non-hydrogen) atoms. The van der Waals surface area contributed by atoms with E-state index in [1.165, 1.54) is 0 Å². The van der Waals surface area contributed by atoms with Gasteiger partial charge in [0.05, 0.1) is 6.10 Å². The lowest BCUT2D eigenvalue weighted by Crippen LogP contribution is -2.43. The number of benzene rings is 2. The third kappa shape index (κ3) is 4.66. The van der Waals surface area contributed by atoms with Crippen LogP contribution in [0.1, 0.15) is 12.8 Å². The summed E-state index contributed by atoms with van der Waals surface area (Å²) in [6.45, 7) is 1.33. The molecule has 0 spiro atoms. The Morgan fingerprint density at radius 2 is 2.08 bits per heavy atom. The fourth-order valence-corrected chi connectivity index (χ4v) is 2.82. The van der Waals surface area contributed by atoms with Gasteiger partial charge in [-0.3, -0.25) is 4.79 Å². The Bertz CT molecular complexity index is 729. The van der Waals surface area contributed by atoms with Crippen molar-refractivity contribution >= 4 is 34.0 Å². The summed E-state index contributed by atoms with van der Waals surface area (Å²) in [5.41, 5.74) is 0. The first-order valence-corrected chi connectivity index (χ1v) is 8.42. The predicted octanol–water partition coefficient (Wildman–Crippen LogP) is 2.39. The van der Waals surface area contributed by atoms with Gasteiger partial charge in [0.15, 0.2) is 11.7 Å². The number of hydrogen-bond acceptors (Lipinski definition) is 4. The number of thiocarbonyl (C=S) groups is 1. The fraction of sp³-hybridized carbons (Fsp3) is 0.333. The van der Waals surface area contributed by atoms with Crippen LogP contribution in [0.2, 0.25) is 0 Å². The molecule has 1 fully saturated rings. The van der Waals surface area contributed by atoms with E-state index in [0.717, 1.165) is 30.2 Å². The highest BCUT2D eigenvalue weighted by Crippen LogP contribution is 2.20. The van der Waals surface area contributed by atoms with Crippen LogP contribution in [0.3, 0.4) is 0 Å². The molecule has 1 aliphatic rings. The van der Waals surface area contributed by atoms with Crippen LogP contribution >= 0.6 is 12.2 Å². The van der Waals surface area contributed by atoms with E-state index in [4.69, 9.17) is 21.7 Å². The maximum atomic E-state index is 11.9. The van der Waals surface area contributed by atoms with E-state index in [1.54, 1.807) is 0 Å². The lowest BCUT2D eigenvalue weighted by molar-refractivity contribution is -0.121. The van der Waals surface area contributed by atoms with Crippen molar-refractivity contribution in [1.82, 2.24) is 10.6 Å². The Morgan fingerprint density at radius 1 is 1.25 bits per heavy atom. The number of carbonyl (C=O) groups excluding carboxylic acids is 1. The average Bonchev–Trinajstić information content (AvgIpc) is 3.11. The Balaban J connectivity index is 1.43. The maximum absolute atomic E-state index is 11.9. The van der Waals surface area contributed by atoms with Crippen molar-refractivity contribution in [3.05, 3.63) is 42.5 Å². The highest BCUT2D eigenvalue weighted by atomic mass is 32.1. The van der Waals surface area contributed by atoms with Crippen LogP contribution in [0.15, 0.2) is 42.5 Å². The van der Waals surface area contributed by atoms with Crippen LogP contribution in [0, 0.1) is 0 Å². The van der Waals surface area contributed by atoms with E-state index in [-0.39, 0.29) is 18.6 Å². The van der Waals surface area contributed by atoms with Crippen molar-refractivity contribution in [2.45, 2.75) is 18.9 Å². The van der Waals surface area contributed by atoms with Gasteiger partial charge in [-0.15, -0.1) is 0 Å². The van der Waals surface area contributed by atoms with Gasteiger partial charge in [0.25, 0.3) is 5.91 Å². The second-order valence-corrected chi connectivity index (χ2v) is 6.10. The minimum absolute atomic E-state index is 0.0832. The van der Waals surface area contributed by atoms with Gasteiger partial charge >= 0.3 is 0 Å². The van der Waals surface area contributed by atoms with E-state index in [2.05, 4.69) is 10.6 Å². The largest absolute Gasteiger partial charge is 0.484 e. The van der Waals surface area contributed by atoms with E-state index < -0.39 is 0 Å². The van der Waals surface area contributed by atoms with E-state index in [1.807, 2.05) is 42.5 Å². The summed E-state index contributed by atoms with van der Waals surface area (Å²) in [7, 11) is 0. The first-order valence-electron chi connectivity index (χ1n) is 8.01. The topological polar surface area (TPSA) is 59.6 Å². The highest BCUT2D eigenvalue weighted by molar-refractivity contribution is 7.80. The minimum Gasteiger partial charge on any atom is -0.484 e. The molecule has 0 aromatic heterocycles. The minimum atomic E-state index is -0.284. The van der Waals surface area contributed by atoms with Gasteiger partial charge < -0.3 is 20.1 Å². The Kier molecular flexibility index (Phi) is 5.61. The molecule has 126 valence electrons. The summed E-state index contributed by atoms with van der Waals surface area (Å²) in [6, 6.07) is 13.7. The zero-order chi connectivity index (χ0) is 16.8. The van der Waals surface area contributed by atoms with Crippen molar-refractivity contribution in [2.75, 3.05) is 19.8 Å². The van der Waals surface area contributed by atoms with Gasteiger partial charge in [0.1, 0.15) is 5.75 Å². The summed E-state index contributed by atoms with van der Waals surface area (Å²) in [4.78, 5) is 11.9. The number of rotatable bonds is 5. The molecule has 2 aromatic rings. The van der Waals surface area contributed by atoms with Crippen molar-refractivity contribution in [1.29, 1.82) is 0 Å². The van der Waals surface area contributed by atoms with Crippen LogP contribution in [0.4, 0.5) is 0 Å². The van der Waals surface area contributed by atoms with Crippen molar-refractivity contribution in [3.63, 3.8) is 0 Å². The molecule has 5 nitrogen and oxygen atoms in total. The SMILES string of the molecule is O=C(COc1ccc2ccccc2c1)NC(=S)NCC1CCCO1. The summed E-state index contributed by atoms with van der Waals surface area (Å²) >= 11 is 5.10. The number of nitrogens with one attached hydrogen (secondary N) is 2. The third-order valence-electron chi connectivity index (χ3n) is 3.86. The zero-order valence-corrected chi connectivity index (χ0v) is 14.1. The normalized spacial score (nSPS) is 16.8. The van der Waals surface area contributed by atoms with Crippen LogP contribution in [-0.4, -0.2) is 36.9 Å². The molecule has 1 saturated heterocycles. The summed E-state index contributed by atoms with van der Waals surface area (Å²) in [5.74, 6) is 0.370. The summed E-state index contributed by atoms with van der Waals surface area (Å²) < 4.78 is 11.0. The van der Waals surface area contributed by atoms with Crippen LogP contribution in [0.25, 0.3) is 10.8 Å². The first-order chi connectivity index (χ1) is 11.7. The number of hydrogen-bond donors (Lipinski definition) is 2. The van der Waals surface area contributed by atoms with Gasteiger partial charge in [0, 0.05) is 13.2 Å². The molecule has 0 radical (unpaired) electrons. The van der Waals surface area contributed by atoms with Crippen molar-refractivity contribution < 1.29 is 14.3 Å². The number of fused-ring (bicyclic) bond motifs is 1. The van der Waals surface area contributed by atoms with Crippen molar-refractivity contribution in [2.24, 2.45) is 0 Å². The molecule has 2 aromatic carbocycles. The molecule has 3 rings (SSSR count). The molecule has 2 N–H and O–H groups in total. The lowest BCUT2D eigenvalue weighted by atomic mass is 10.1. The van der Waals surface area contributed by atoms with Gasteiger partial charge in [-0.2, -0.15) is 0 Å². The van der Waals surface area contributed by atoms with Gasteiger partial charge in [-0.1, -0.05) is 30.3 Å². The average molecular weight is 344 g/mol. The molecule has 6 heteroatoms. The maximum Gasteiger partial charge on any atom is 0.264 e. The number of amides is 1. The second-order valence-electron chi connectivity index (χ2n) is 5.69. The van der Waals surface area contributed by atoms with E-state index in [0.29, 0.717) is 17.4 Å². The van der Waals surface area contributed by atoms with E-state index >= 15 is 0 Å². The molecule has 0 saturated carbocycles. The van der Waals surface area contributed by atoms with Gasteiger partial charge in [-0.25, -0.2) is 0 Å². The monoisotopic (exact) mass is 344 g/mol. The predicted molar refractivity (Wildman–Crippen MR) is 97.2 cm³/mol. The van der Waals surface area contributed by atoms with Crippen molar-refractivity contribution in [3.8, 4) is 5.75 Å². The highest BCUT2D eigenvalue weighted by Gasteiger charge is 2.15. The standard InChI is InChI=1S/C18H20N2O3S/c21-17(20-18(24)19-11-16-6-3-9-22-16)12-23-15-8-7-13-4-1-2-5-14(13)10-15/h1-2,4-5,7-8,10,16H,3,6,9,11-12H2,(H2,19,20,21,24). The van der Waals surface area contributed by atoms with Crippen LogP contribution < -0.4 is 15.4 Å². The molecule has 0 bridgehead atoms. The molecular formula is C18H20N2O3S. The molecule has 1 amide bonds. The van der Waals surface area contributed by atoms with Crippen LogP contribution in [-0.2, 0) is 9.53 Å². The molecule has 0 aliphatic carbocycles. The Labute approximate surface area is 146 Å². The van der Waals surface area contributed by atoms with Crippen LogP contribution in [0.5, 0.6) is 5.75 Å². The Hall–Kier alpha value is -2.18. The molecule has 1 atom stereocenters. The summed E-state index contributed by atoms with van der Waals surface area (Å²) in [5, 5.41) is 8.12. The van der Waals surface area contributed by atoms with E-state index in [9.17, 15) is 4.79 Å². The molecular weight excluding hydrogens is 324 g/mol. The molecule has 1 heterocycles. The smallest absolute Gasteiger partial charge is 0.264 e. The zero-order valence-electron chi connectivity index (χ0n) is 13.3. The van der Waals surface area contributed by atoms with Gasteiger partial charge in [-0.05, 0) is 48.0 Å². The third-order valence-corrected chi connectivity index (χ3v) is 4.10. The first kappa shape index (κ1) is 16.7. The van der Waals surface area contributed by atoms with Gasteiger partial charge in [0.2, 0.25) is 0 Å². The number of carbonyl (C=O) groups is 1.